The fraction of sp³-hybridized carbons (Fsp3) is 0.462. The van der Waals surface area contributed by atoms with Crippen LogP contribution < -0.4 is 5.32 Å². The molecule has 0 unspecified atom stereocenters. The van der Waals surface area contributed by atoms with Gasteiger partial charge in [-0.05, 0) is 24.5 Å². The van der Waals surface area contributed by atoms with Gasteiger partial charge in [0.1, 0.15) is 11.6 Å². The molecule has 1 aliphatic carbocycles. The van der Waals surface area contributed by atoms with E-state index >= 15 is 0 Å². The number of rotatable bonds is 3. The van der Waals surface area contributed by atoms with Gasteiger partial charge >= 0.3 is 0 Å². The van der Waals surface area contributed by atoms with Crippen molar-refractivity contribution in [3.8, 4) is 0 Å². The van der Waals surface area contributed by atoms with Gasteiger partial charge in [-0.2, -0.15) is 0 Å². The average Bonchev–Trinajstić information content (AvgIpc) is 2.75. The SMILES string of the molecule is O=C(Cc1ccc(F)cc1F)NC1CCCC1. The van der Waals surface area contributed by atoms with E-state index in [0.717, 1.165) is 31.7 Å². The molecular weight excluding hydrogens is 224 g/mol. The summed E-state index contributed by atoms with van der Waals surface area (Å²) in [6.45, 7) is 0. The Morgan fingerprint density at radius 1 is 1.29 bits per heavy atom. The molecule has 0 aromatic heterocycles. The highest BCUT2D eigenvalue weighted by molar-refractivity contribution is 5.78. The molecule has 17 heavy (non-hydrogen) atoms. The molecule has 2 rings (SSSR count). The van der Waals surface area contributed by atoms with Crippen molar-refractivity contribution in [3.05, 3.63) is 35.4 Å². The first kappa shape index (κ1) is 12.0. The molecule has 1 N–H and O–H groups in total. The lowest BCUT2D eigenvalue weighted by Crippen LogP contribution is -2.33. The van der Waals surface area contributed by atoms with E-state index in [-0.39, 0.29) is 23.9 Å². The monoisotopic (exact) mass is 239 g/mol. The Morgan fingerprint density at radius 2 is 2.00 bits per heavy atom. The van der Waals surface area contributed by atoms with Gasteiger partial charge in [0.15, 0.2) is 0 Å². The summed E-state index contributed by atoms with van der Waals surface area (Å²) < 4.78 is 26.0. The number of benzene rings is 1. The predicted molar refractivity (Wildman–Crippen MR) is 60.5 cm³/mol. The molecule has 92 valence electrons. The molecule has 0 atom stereocenters. The highest BCUT2D eigenvalue weighted by atomic mass is 19.1. The van der Waals surface area contributed by atoms with Crippen LogP contribution in [0.5, 0.6) is 0 Å². The summed E-state index contributed by atoms with van der Waals surface area (Å²) in [5.74, 6) is -1.48. The van der Waals surface area contributed by atoms with E-state index in [1.54, 1.807) is 0 Å². The minimum Gasteiger partial charge on any atom is -0.353 e. The van der Waals surface area contributed by atoms with Crippen molar-refractivity contribution < 1.29 is 13.6 Å². The smallest absolute Gasteiger partial charge is 0.224 e. The van der Waals surface area contributed by atoms with Gasteiger partial charge in [-0.25, -0.2) is 8.78 Å². The standard InChI is InChI=1S/C13H15F2NO/c14-10-6-5-9(12(15)8-10)7-13(17)16-11-3-1-2-4-11/h5-6,8,11H,1-4,7H2,(H,16,17). The first-order valence-corrected chi connectivity index (χ1v) is 5.88. The lowest BCUT2D eigenvalue weighted by molar-refractivity contribution is -0.121. The van der Waals surface area contributed by atoms with E-state index in [9.17, 15) is 13.6 Å². The third-order valence-corrected chi connectivity index (χ3v) is 3.09. The fourth-order valence-electron chi connectivity index (χ4n) is 2.19. The minimum absolute atomic E-state index is 0.0252. The molecule has 4 heteroatoms. The van der Waals surface area contributed by atoms with Crippen LogP contribution in [0.25, 0.3) is 0 Å². The molecule has 1 amide bonds. The first-order valence-electron chi connectivity index (χ1n) is 5.88. The normalized spacial score (nSPS) is 16.1. The van der Waals surface area contributed by atoms with E-state index in [2.05, 4.69) is 5.32 Å². The summed E-state index contributed by atoms with van der Waals surface area (Å²) in [5, 5.41) is 2.87. The summed E-state index contributed by atoms with van der Waals surface area (Å²) in [6, 6.07) is 3.52. The zero-order valence-corrected chi connectivity index (χ0v) is 9.51. The predicted octanol–water partition coefficient (Wildman–Crippen LogP) is 2.57. The number of nitrogens with one attached hydrogen (secondary N) is 1. The van der Waals surface area contributed by atoms with E-state index in [1.165, 1.54) is 12.1 Å². The molecule has 1 fully saturated rings. The lowest BCUT2D eigenvalue weighted by Gasteiger charge is -2.12. The van der Waals surface area contributed by atoms with Crippen LogP contribution in [0.4, 0.5) is 8.78 Å². The maximum absolute atomic E-state index is 13.3. The third kappa shape index (κ3) is 3.25. The van der Waals surface area contributed by atoms with Crippen molar-refractivity contribution in [2.24, 2.45) is 0 Å². The summed E-state index contributed by atoms with van der Waals surface area (Å²) >= 11 is 0. The van der Waals surface area contributed by atoms with Crippen LogP contribution in [-0.4, -0.2) is 11.9 Å². The summed E-state index contributed by atoms with van der Waals surface area (Å²) in [5.41, 5.74) is 0.238. The van der Waals surface area contributed by atoms with E-state index in [1.807, 2.05) is 0 Å². The van der Waals surface area contributed by atoms with Gasteiger partial charge in [0.2, 0.25) is 5.91 Å². The molecule has 1 saturated carbocycles. The maximum Gasteiger partial charge on any atom is 0.224 e. The molecule has 0 spiro atoms. The second-order valence-electron chi connectivity index (χ2n) is 4.46. The van der Waals surface area contributed by atoms with Crippen LogP contribution in [0.2, 0.25) is 0 Å². The number of carbonyl (C=O) groups excluding carboxylic acids is 1. The second-order valence-corrected chi connectivity index (χ2v) is 4.46. The third-order valence-electron chi connectivity index (χ3n) is 3.09. The van der Waals surface area contributed by atoms with Crippen molar-refractivity contribution in [2.45, 2.75) is 38.1 Å². The van der Waals surface area contributed by atoms with Crippen molar-refractivity contribution in [2.75, 3.05) is 0 Å². The molecule has 1 aliphatic rings. The lowest BCUT2D eigenvalue weighted by atomic mass is 10.1. The topological polar surface area (TPSA) is 29.1 Å². The van der Waals surface area contributed by atoms with Crippen molar-refractivity contribution >= 4 is 5.91 Å². The van der Waals surface area contributed by atoms with Crippen LogP contribution >= 0.6 is 0 Å². The minimum atomic E-state index is -0.661. The van der Waals surface area contributed by atoms with Crippen LogP contribution in [0.1, 0.15) is 31.2 Å². The average molecular weight is 239 g/mol. The first-order chi connectivity index (χ1) is 8.15. The Kier molecular flexibility index (Phi) is 3.71. The summed E-state index contributed by atoms with van der Waals surface area (Å²) in [7, 11) is 0. The Labute approximate surface area is 99.0 Å². The fourth-order valence-corrected chi connectivity index (χ4v) is 2.19. The molecule has 1 aromatic carbocycles. The molecule has 0 heterocycles. The van der Waals surface area contributed by atoms with Gasteiger partial charge in [0, 0.05) is 12.1 Å². The quantitative estimate of drug-likeness (QED) is 0.863. The van der Waals surface area contributed by atoms with E-state index in [4.69, 9.17) is 0 Å². The molecule has 1 aromatic rings. The van der Waals surface area contributed by atoms with Gasteiger partial charge in [0.25, 0.3) is 0 Å². The molecule has 0 aliphatic heterocycles. The summed E-state index contributed by atoms with van der Waals surface area (Å²) in [6.07, 6.45) is 4.24. The maximum atomic E-state index is 13.3. The number of hydrogen-bond acceptors (Lipinski definition) is 1. The van der Waals surface area contributed by atoms with E-state index in [0.29, 0.717) is 0 Å². The molecule has 0 bridgehead atoms. The van der Waals surface area contributed by atoms with Gasteiger partial charge in [-0.1, -0.05) is 18.9 Å². The highest BCUT2D eigenvalue weighted by Gasteiger charge is 2.17. The highest BCUT2D eigenvalue weighted by Crippen LogP contribution is 2.18. The number of hydrogen-bond donors (Lipinski definition) is 1. The zero-order valence-electron chi connectivity index (χ0n) is 9.51. The van der Waals surface area contributed by atoms with Gasteiger partial charge in [-0.15, -0.1) is 0 Å². The molecule has 0 radical (unpaired) electrons. The number of carbonyl (C=O) groups is 1. The second kappa shape index (κ2) is 5.25. The Bertz CT molecular complexity index is 414. The van der Waals surface area contributed by atoms with Gasteiger partial charge in [-0.3, -0.25) is 4.79 Å². The number of halogens is 2. The van der Waals surface area contributed by atoms with Gasteiger partial charge < -0.3 is 5.32 Å². The van der Waals surface area contributed by atoms with Crippen LogP contribution in [0.15, 0.2) is 18.2 Å². The molecule has 0 saturated heterocycles. The van der Waals surface area contributed by atoms with Crippen LogP contribution in [-0.2, 0) is 11.2 Å². The molecule has 2 nitrogen and oxygen atoms in total. The van der Waals surface area contributed by atoms with Crippen molar-refractivity contribution in [3.63, 3.8) is 0 Å². The van der Waals surface area contributed by atoms with Crippen molar-refractivity contribution in [1.82, 2.24) is 5.32 Å². The Morgan fingerprint density at radius 3 is 2.65 bits per heavy atom. The Hall–Kier alpha value is -1.45. The zero-order chi connectivity index (χ0) is 12.3. The largest absolute Gasteiger partial charge is 0.353 e. The van der Waals surface area contributed by atoms with Gasteiger partial charge in [0.05, 0.1) is 6.42 Å². The van der Waals surface area contributed by atoms with Crippen LogP contribution in [0, 0.1) is 11.6 Å². The number of amides is 1. The summed E-state index contributed by atoms with van der Waals surface area (Å²) in [4.78, 5) is 11.6. The van der Waals surface area contributed by atoms with Crippen LogP contribution in [0.3, 0.4) is 0 Å². The molecular formula is C13H15F2NO. The Balaban J connectivity index is 1.93. The van der Waals surface area contributed by atoms with E-state index < -0.39 is 11.6 Å². The van der Waals surface area contributed by atoms with Crippen molar-refractivity contribution in [1.29, 1.82) is 0 Å².